The van der Waals surface area contributed by atoms with E-state index >= 15 is 0 Å². The van der Waals surface area contributed by atoms with Gasteiger partial charge in [0.15, 0.2) is 17.5 Å². The molecule has 1 aliphatic rings. The molecule has 0 spiro atoms. The molecule has 3 N–H and O–H groups in total. The summed E-state index contributed by atoms with van der Waals surface area (Å²) in [7, 11) is 3.26. The van der Waals surface area contributed by atoms with E-state index in [9.17, 15) is 0 Å². The number of aliphatic imine (C=N–C) groups is 1. The number of hydrogen-bond acceptors (Lipinski definition) is 4. The quantitative estimate of drug-likeness (QED) is 0.498. The van der Waals surface area contributed by atoms with Gasteiger partial charge < -0.3 is 20.5 Å². The van der Waals surface area contributed by atoms with E-state index in [-0.39, 0.29) is 0 Å². The predicted molar refractivity (Wildman–Crippen MR) is 126 cm³/mol. The number of ether oxygens (including phenoxy) is 2. The second kappa shape index (κ2) is 11.0. The summed E-state index contributed by atoms with van der Waals surface area (Å²) in [5.74, 6) is 3.35. The highest BCUT2D eigenvalue weighted by Gasteiger charge is 2.22. The molecule has 0 aliphatic carbocycles. The van der Waals surface area contributed by atoms with Crippen LogP contribution in [-0.2, 0) is 19.6 Å². The Morgan fingerprint density at radius 2 is 1.71 bits per heavy atom. The third-order valence-corrected chi connectivity index (χ3v) is 5.80. The number of rotatable bonds is 8. The molecule has 2 atom stereocenters. The molecule has 1 aliphatic heterocycles. The largest absolute Gasteiger partial charge is 0.493 e. The van der Waals surface area contributed by atoms with Crippen LogP contribution in [0.4, 0.5) is 0 Å². The lowest BCUT2D eigenvalue weighted by Gasteiger charge is -2.35. The molecule has 1 fully saturated rings. The Bertz CT molecular complexity index is 874. The van der Waals surface area contributed by atoms with Crippen molar-refractivity contribution in [2.45, 2.75) is 39.9 Å². The highest BCUT2D eigenvalue weighted by molar-refractivity contribution is 5.77. The number of nitrogens with zero attached hydrogens (tertiary/aromatic N) is 2. The SMILES string of the molecule is COc1ccc(CN=C(N)NCc2ccccc2CN2CC(C)CC(C)C2)cc1OC. The van der Waals surface area contributed by atoms with Gasteiger partial charge in [-0.2, -0.15) is 0 Å². The first kappa shape index (κ1) is 22.9. The van der Waals surface area contributed by atoms with Crippen LogP contribution in [-0.4, -0.2) is 38.2 Å². The summed E-state index contributed by atoms with van der Waals surface area (Å²) in [5.41, 5.74) is 9.76. The number of benzene rings is 2. The fraction of sp³-hybridized carbons (Fsp3) is 0.480. The van der Waals surface area contributed by atoms with E-state index < -0.39 is 0 Å². The van der Waals surface area contributed by atoms with Gasteiger partial charge in [0.25, 0.3) is 0 Å². The lowest BCUT2D eigenvalue weighted by molar-refractivity contribution is 0.134. The molecule has 168 valence electrons. The van der Waals surface area contributed by atoms with Crippen molar-refractivity contribution >= 4 is 5.96 Å². The maximum absolute atomic E-state index is 6.14. The van der Waals surface area contributed by atoms with Gasteiger partial charge in [0.2, 0.25) is 0 Å². The van der Waals surface area contributed by atoms with Crippen molar-refractivity contribution < 1.29 is 9.47 Å². The molecule has 2 aromatic carbocycles. The van der Waals surface area contributed by atoms with E-state index in [1.54, 1.807) is 14.2 Å². The standard InChI is InChI=1S/C25H36N4O2/c1-18-11-19(2)16-29(15-18)17-22-8-6-5-7-21(22)14-28-25(26)27-13-20-9-10-23(30-3)24(12-20)31-4/h5-10,12,18-19H,11,13-17H2,1-4H3,(H3,26,27,28). The van der Waals surface area contributed by atoms with Crippen molar-refractivity contribution in [2.75, 3.05) is 27.3 Å². The smallest absolute Gasteiger partial charge is 0.189 e. The van der Waals surface area contributed by atoms with Crippen molar-refractivity contribution in [3.05, 3.63) is 59.2 Å². The van der Waals surface area contributed by atoms with Gasteiger partial charge in [-0.1, -0.05) is 44.2 Å². The van der Waals surface area contributed by atoms with Gasteiger partial charge in [0, 0.05) is 26.2 Å². The normalized spacial score (nSPS) is 19.8. The van der Waals surface area contributed by atoms with Crippen LogP contribution >= 0.6 is 0 Å². The molecule has 1 saturated heterocycles. The number of guanidine groups is 1. The molecule has 2 aromatic rings. The van der Waals surface area contributed by atoms with Gasteiger partial charge >= 0.3 is 0 Å². The summed E-state index contributed by atoms with van der Waals surface area (Å²) >= 11 is 0. The van der Waals surface area contributed by atoms with Gasteiger partial charge in [-0.25, -0.2) is 4.99 Å². The Hall–Kier alpha value is -2.73. The zero-order valence-corrected chi connectivity index (χ0v) is 19.2. The zero-order valence-electron chi connectivity index (χ0n) is 19.2. The highest BCUT2D eigenvalue weighted by atomic mass is 16.5. The van der Waals surface area contributed by atoms with E-state index in [1.165, 1.54) is 30.6 Å². The van der Waals surface area contributed by atoms with Crippen molar-refractivity contribution in [3.63, 3.8) is 0 Å². The minimum absolute atomic E-state index is 0.435. The first-order valence-corrected chi connectivity index (χ1v) is 11.0. The number of nitrogens with two attached hydrogens (primary N) is 1. The van der Waals surface area contributed by atoms with Crippen LogP contribution in [0, 0.1) is 11.8 Å². The maximum atomic E-state index is 6.14. The molecule has 3 rings (SSSR count). The molecule has 0 aromatic heterocycles. The Labute approximate surface area is 186 Å². The van der Waals surface area contributed by atoms with Gasteiger partial charge in [-0.3, -0.25) is 4.90 Å². The fourth-order valence-electron chi connectivity index (χ4n) is 4.44. The van der Waals surface area contributed by atoms with Gasteiger partial charge in [-0.05, 0) is 47.1 Å². The maximum Gasteiger partial charge on any atom is 0.189 e. The Morgan fingerprint density at radius 3 is 2.39 bits per heavy atom. The first-order chi connectivity index (χ1) is 15.0. The van der Waals surface area contributed by atoms with Crippen LogP contribution in [0.3, 0.4) is 0 Å². The molecule has 0 saturated carbocycles. The second-order valence-electron chi connectivity index (χ2n) is 8.65. The Balaban J connectivity index is 1.58. The van der Waals surface area contributed by atoms with Crippen LogP contribution in [0.25, 0.3) is 0 Å². The molecule has 0 amide bonds. The monoisotopic (exact) mass is 424 g/mol. The van der Waals surface area contributed by atoms with Crippen molar-refractivity contribution in [2.24, 2.45) is 22.6 Å². The van der Waals surface area contributed by atoms with Crippen LogP contribution in [0.15, 0.2) is 47.5 Å². The van der Waals surface area contributed by atoms with E-state index in [2.05, 4.69) is 53.3 Å². The molecule has 1 heterocycles. The average molecular weight is 425 g/mol. The van der Waals surface area contributed by atoms with Crippen LogP contribution in [0.5, 0.6) is 11.5 Å². The third kappa shape index (κ3) is 6.62. The molecule has 6 heteroatoms. The molecule has 0 radical (unpaired) electrons. The van der Waals surface area contributed by atoms with Crippen LogP contribution in [0.2, 0.25) is 0 Å². The van der Waals surface area contributed by atoms with Crippen molar-refractivity contribution in [1.29, 1.82) is 0 Å². The zero-order chi connectivity index (χ0) is 22.2. The summed E-state index contributed by atoms with van der Waals surface area (Å²) in [6.45, 7) is 9.16. The summed E-state index contributed by atoms with van der Waals surface area (Å²) < 4.78 is 10.6. The minimum atomic E-state index is 0.435. The predicted octanol–water partition coefficient (Wildman–Crippen LogP) is 3.79. The highest BCUT2D eigenvalue weighted by Crippen LogP contribution is 2.27. The average Bonchev–Trinajstić information content (AvgIpc) is 2.76. The van der Waals surface area contributed by atoms with Gasteiger partial charge in [0.1, 0.15) is 0 Å². The van der Waals surface area contributed by atoms with E-state index in [4.69, 9.17) is 15.2 Å². The molecular formula is C25H36N4O2. The van der Waals surface area contributed by atoms with E-state index in [1.807, 2.05) is 18.2 Å². The van der Waals surface area contributed by atoms with E-state index in [0.717, 1.165) is 23.9 Å². The fourth-order valence-corrected chi connectivity index (χ4v) is 4.44. The summed E-state index contributed by atoms with van der Waals surface area (Å²) in [4.78, 5) is 7.06. The van der Waals surface area contributed by atoms with E-state index in [0.29, 0.717) is 30.5 Å². The summed E-state index contributed by atoms with van der Waals surface area (Å²) in [6, 6.07) is 14.4. The lowest BCUT2D eigenvalue weighted by atomic mass is 9.91. The number of hydrogen-bond donors (Lipinski definition) is 2. The van der Waals surface area contributed by atoms with Crippen molar-refractivity contribution in [3.8, 4) is 11.5 Å². The van der Waals surface area contributed by atoms with Crippen LogP contribution < -0.4 is 20.5 Å². The first-order valence-electron chi connectivity index (χ1n) is 11.0. The number of methoxy groups -OCH3 is 2. The number of nitrogens with one attached hydrogen (secondary N) is 1. The molecule has 2 unspecified atom stereocenters. The topological polar surface area (TPSA) is 72.1 Å². The molecular weight excluding hydrogens is 388 g/mol. The van der Waals surface area contributed by atoms with Gasteiger partial charge in [0.05, 0.1) is 20.8 Å². The number of likely N-dealkylation sites (tertiary alicyclic amines) is 1. The molecule has 6 nitrogen and oxygen atoms in total. The number of piperidine rings is 1. The molecule has 0 bridgehead atoms. The second-order valence-corrected chi connectivity index (χ2v) is 8.65. The Kier molecular flexibility index (Phi) is 8.18. The summed E-state index contributed by atoms with van der Waals surface area (Å²) in [5, 5.41) is 3.27. The summed E-state index contributed by atoms with van der Waals surface area (Å²) in [6.07, 6.45) is 1.33. The lowest BCUT2D eigenvalue weighted by Crippen LogP contribution is -2.38. The molecule has 31 heavy (non-hydrogen) atoms. The van der Waals surface area contributed by atoms with Crippen LogP contribution in [0.1, 0.15) is 37.0 Å². The minimum Gasteiger partial charge on any atom is -0.493 e. The van der Waals surface area contributed by atoms with Crippen molar-refractivity contribution in [1.82, 2.24) is 10.2 Å². The third-order valence-electron chi connectivity index (χ3n) is 5.80. The van der Waals surface area contributed by atoms with Gasteiger partial charge in [-0.15, -0.1) is 0 Å². The Morgan fingerprint density at radius 1 is 1.03 bits per heavy atom.